The molecule has 3 heteroatoms. The van der Waals surface area contributed by atoms with Crippen molar-refractivity contribution < 1.29 is 4.74 Å². The summed E-state index contributed by atoms with van der Waals surface area (Å²) in [5, 5.41) is 1.22. The number of ether oxygens (including phenoxy) is 1. The molecule has 0 aromatic carbocycles. The molecule has 0 heterocycles. The Bertz CT molecular complexity index is 85.6. The molecule has 0 aromatic rings. The van der Waals surface area contributed by atoms with Gasteiger partial charge in [-0.15, -0.1) is 0 Å². The minimum absolute atomic E-state index is 0.444. The van der Waals surface area contributed by atoms with Crippen LogP contribution in [0.2, 0.25) is 5.32 Å². The number of thiocarbonyl (C=S) groups is 1. The van der Waals surface area contributed by atoms with Gasteiger partial charge in [0.15, 0.2) is 0 Å². The molecular formula is C7H14OSSe. The Hall–Kier alpha value is 0.409. The molecule has 0 N–H and O–H groups in total. The van der Waals surface area contributed by atoms with Crippen LogP contribution in [0.1, 0.15) is 26.7 Å². The van der Waals surface area contributed by atoms with Crippen molar-refractivity contribution >= 4 is 31.1 Å². The summed E-state index contributed by atoms with van der Waals surface area (Å²) in [5.41, 5.74) is 0. The van der Waals surface area contributed by atoms with Crippen molar-refractivity contribution in [2.45, 2.75) is 32.0 Å². The second-order valence-corrected chi connectivity index (χ2v) is 5.14. The molecule has 0 spiro atoms. The van der Waals surface area contributed by atoms with Crippen LogP contribution in [-0.2, 0) is 4.74 Å². The van der Waals surface area contributed by atoms with Gasteiger partial charge < -0.3 is 0 Å². The fourth-order valence-corrected chi connectivity index (χ4v) is 2.06. The normalized spacial score (nSPS) is 9.40. The van der Waals surface area contributed by atoms with Gasteiger partial charge in [-0.25, -0.2) is 0 Å². The third-order valence-electron chi connectivity index (χ3n) is 0.848. The van der Waals surface area contributed by atoms with E-state index in [1.807, 2.05) is 0 Å². The van der Waals surface area contributed by atoms with E-state index in [1.54, 1.807) is 0 Å². The average molecular weight is 225 g/mol. The van der Waals surface area contributed by atoms with Crippen LogP contribution in [0.4, 0.5) is 0 Å². The molecular weight excluding hydrogens is 211 g/mol. The van der Waals surface area contributed by atoms with Gasteiger partial charge in [0.25, 0.3) is 0 Å². The van der Waals surface area contributed by atoms with Gasteiger partial charge in [-0.05, 0) is 0 Å². The molecule has 0 aliphatic heterocycles. The summed E-state index contributed by atoms with van der Waals surface area (Å²) in [7, 11) is 0. The van der Waals surface area contributed by atoms with E-state index in [-0.39, 0.29) is 0 Å². The Kier molecular flexibility index (Phi) is 7.82. The van der Waals surface area contributed by atoms with E-state index in [4.69, 9.17) is 17.0 Å². The van der Waals surface area contributed by atoms with E-state index in [1.165, 1.54) is 11.7 Å². The van der Waals surface area contributed by atoms with Crippen molar-refractivity contribution in [2.24, 2.45) is 0 Å². The topological polar surface area (TPSA) is 9.23 Å². The molecule has 0 saturated carbocycles. The summed E-state index contributed by atoms with van der Waals surface area (Å²) in [5.74, 6) is 0. The van der Waals surface area contributed by atoms with Crippen molar-refractivity contribution in [1.29, 1.82) is 0 Å². The van der Waals surface area contributed by atoms with Crippen molar-refractivity contribution in [3.05, 3.63) is 0 Å². The monoisotopic (exact) mass is 226 g/mol. The molecule has 0 rings (SSSR count). The predicted octanol–water partition coefficient (Wildman–Crippen LogP) is 2.23. The van der Waals surface area contributed by atoms with Crippen LogP contribution >= 0.6 is 12.2 Å². The van der Waals surface area contributed by atoms with Crippen LogP contribution < -0.4 is 0 Å². The molecule has 0 aliphatic carbocycles. The van der Waals surface area contributed by atoms with Crippen molar-refractivity contribution in [1.82, 2.24) is 0 Å². The van der Waals surface area contributed by atoms with Gasteiger partial charge in [0.2, 0.25) is 0 Å². The van der Waals surface area contributed by atoms with E-state index in [9.17, 15) is 0 Å². The molecule has 60 valence electrons. The zero-order chi connectivity index (χ0) is 7.82. The summed E-state index contributed by atoms with van der Waals surface area (Å²) in [4.78, 5) is 0. The van der Waals surface area contributed by atoms with Gasteiger partial charge in [0.05, 0.1) is 0 Å². The van der Waals surface area contributed by atoms with E-state index in [0.29, 0.717) is 15.0 Å². The molecule has 0 bridgehead atoms. The van der Waals surface area contributed by atoms with Crippen molar-refractivity contribution in [3.63, 3.8) is 0 Å². The summed E-state index contributed by atoms with van der Waals surface area (Å²) in [6, 6.07) is 0. The first-order valence-electron chi connectivity index (χ1n) is 3.60. The first-order valence-corrected chi connectivity index (χ1v) is 6.08. The second-order valence-electron chi connectivity index (χ2n) is 1.95. The molecule has 0 fully saturated rings. The molecule has 0 aromatic heterocycles. The fraction of sp³-hybridized carbons (Fsp3) is 0.857. The quantitative estimate of drug-likeness (QED) is 0.524. The second kappa shape index (κ2) is 7.52. The summed E-state index contributed by atoms with van der Waals surface area (Å²) >= 11 is 5.43. The third kappa shape index (κ3) is 6.53. The fourth-order valence-electron chi connectivity index (χ4n) is 0.412. The molecule has 0 atom stereocenters. The zero-order valence-corrected chi connectivity index (χ0v) is 9.08. The van der Waals surface area contributed by atoms with Crippen molar-refractivity contribution in [2.75, 3.05) is 6.61 Å². The summed E-state index contributed by atoms with van der Waals surface area (Å²) < 4.78 is 6.10. The van der Waals surface area contributed by atoms with Crippen LogP contribution in [0.5, 0.6) is 0 Å². The van der Waals surface area contributed by atoms with Gasteiger partial charge in [0.1, 0.15) is 0 Å². The molecule has 0 saturated heterocycles. The molecule has 10 heavy (non-hydrogen) atoms. The first-order chi connectivity index (χ1) is 4.81. The molecule has 0 amide bonds. The van der Waals surface area contributed by atoms with Crippen molar-refractivity contribution in [3.8, 4) is 0 Å². The van der Waals surface area contributed by atoms with Gasteiger partial charge in [-0.3, -0.25) is 0 Å². The van der Waals surface area contributed by atoms with E-state index < -0.39 is 0 Å². The summed E-state index contributed by atoms with van der Waals surface area (Å²) in [6.45, 7) is 5.06. The van der Waals surface area contributed by atoms with E-state index >= 15 is 0 Å². The Morgan fingerprint density at radius 1 is 1.40 bits per heavy atom. The molecule has 0 radical (unpaired) electrons. The Morgan fingerprint density at radius 2 is 2.10 bits per heavy atom. The van der Waals surface area contributed by atoms with Gasteiger partial charge in [0, 0.05) is 0 Å². The van der Waals surface area contributed by atoms with Crippen LogP contribution in [0, 0.1) is 0 Å². The SMILES string of the molecule is CCCOC(=S)[Se]CCC. The number of hydrogen-bond acceptors (Lipinski definition) is 2. The van der Waals surface area contributed by atoms with Gasteiger partial charge >= 0.3 is 74.5 Å². The van der Waals surface area contributed by atoms with Crippen LogP contribution in [0.3, 0.4) is 0 Å². The maximum absolute atomic E-state index is 5.25. The Labute approximate surface area is 74.7 Å². The van der Waals surface area contributed by atoms with Crippen LogP contribution in [0.25, 0.3) is 0 Å². The average Bonchev–Trinajstić information content (AvgIpc) is 1.97. The van der Waals surface area contributed by atoms with E-state index in [0.717, 1.165) is 17.0 Å². The van der Waals surface area contributed by atoms with Gasteiger partial charge in [-0.1, -0.05) is 0 Å². The molecule has 1 nitrogen and oxygen atoms in total. The maximum atomic E-state index is 5.25. The van der Waals surface area contributed by atoms with Gasteiger partial charge in [-0.2, -0.15) is 0 Å². The number of rotatable bonds is 5. The predicted molar refractivity (Wildman–Crippen MR) is 49.7 cm³/mol. The zero-order valence-electron chi connectivity index (χ0n) is 6.55. The summed E-state index contributed by atoms with van der Waals surface area (Å²) in [6.07, 6.45) is 2.28. The number of hydrogen-bond donors (Lipinski definition) is 0. The first kappa shape index (κ1) is 10.4. The molecule has 0 unspecified atom stereocenters. The van der Waals surface area contributed by atoms with E-state index in [2.05, 4.69) is 13.8 Å². The Balaban J connectivity index is 3.09. The molecule has 0 aliphatic rings. The van der Waals surface area contributed by atoms with Crippen LogP contribution in [0.15, 0.2) is 0 Å². The minimum atomic E-state index is 0.444. The Morgan fingerprint density at radius 3 is 2.60 bits per heavy atom. The van der Waals surface area contributed by atoms with Crippen LogP contribution in [-0.4, -0.2) is 25.5 Å². The standard InChI is InChI=1S/C7H14OSSe/c1-3-5-8-7(9)10-6-4-2/h3-6H2,1-2H3. The third-order valence-corrected chi connectivity index (χ3v) is 3.60.